The first-order chi connectivity index (χ1) is 9.10. The summed E-state index contributed by atoms with van der Waals surface area (Å²) in [5, 5.41) is 0. The van der Waals surface area contributed by atoms with Crippen LogP contribution in [0, 0.1) is 11.8 Å². The third-order valence-corrected chi connectivity index (χ3v) is 3.93. The fraction of sp³-hybridized carbons (Fsp3) is 0.692. The van der Waals surface area contributed by atoms with E-state index >= 15 is 0 Å². The number of aromatic nitrogens is 1. The third kappa shape index (κ3) is 2.24. The number of hydrogen-bond acceptors (Lipinski definition) is 4. The van der Waals surface area contributed by atoms with Crippen molar-refractivity contribution in [2.24, 2.45) is 11.8 Å². The number of oxazole rings is 1. The van der Waals surface area contributed by atoms with E-state index in [9.17, 15) is 13.6 Å². The number of esters is 1. The number of carbonyl (C=O) groups is 1. The van der Waals surface area contributed by atoms with Crippen molar-refractivity contribution in [3.8, 4) is 0 Å². The first-order valence-electron chi connectivity index (χ1n) is 6.56. The number of halogens is 2. The third-order valence-electron chi connectivity index (χ3n) is 3.93. The lowest BCUT2D eigenvalue weighted by Gasteiger charge is -2.05. The molecule has 0 N–H and O–H groups in total. The highest BCUT2D eigenvalue weighted by molar-refractivity contribution is 5.87. The summed E-state index contributed by atoms with van der Waals surface area (Å²) >= 11 is 0. The largest absolute Gasteiger partial charge is 0.460 e. The molecule has 1 aromatic heterocycles. The van der Waals surface area contributed by atoms with E-state index in [2.05, 4.69) is 4.98 Å². The van der Waals surface area contributed by atoms with Crippen LogP contribution >= 0.6 is 0 Å². The lowest BCUT2D eigenvalue weighted by atomic mass is 10.0. The molecule has 1 aromatic rings. The molecule has 0 spiro atoms. The van der Waals surface area contributed by atoms with Crippen LogP contribution < -0.4 is 0 Å². The van der Waals surface area contributed by atoms with Gasteiger partial charge in [0, 0.05) is 5.92 Å². The molecule has 0 amide bonds. The second kappa shape index (κ2) is 4.58. The molecule has 4 nitrogen and oxygen atoms in total. The number of fused-ring (bicyclic) bond motifs is 1. The SMILES string of the molecule is CCOC(=O)c1oc(C2CC3CC3C2)nc1C(F)F. The van der Waals surface area contributed by atoms with Crippen molar-refractivity contribution in [1.82, 2.24) is 4.98 Å². The van der Waals surface area contributed by atoms with Crippen molar-refractivity contribution in [3.05, 3.63) is 17.3 Å². The van der Waals surface area contributed by atoms with Gasteiger partial charge in [0.05, 0.1) is 6.61 Å². The van der Waals surface area contributed by atoms with Crippen molar-refractivity contribution in [1.29, 1.82) is 0 Å². The summed E-state index contributed by atoms with van der Waals surface area (Å²) in [6, 6.07) is 0. The Kier molecular flexibility index (Phi) is 3.03. The van der Waals surface area contributed by atoms with E-state index in [1.165, 1.54) is 6.42 Å². The van der Waals surface area contributed by atoms with Crippen LogP contribution in [0.15, 0.2) is 4.42 Å². The quantitative estimate of drug-likeness (QED) is 0.788. The molecule has 1 heterocycles. The molecule has 2 saturated carbocycles. The average Bonchev–Trinajstić information content (AvgIpc) is 2.81. The van der Waals surface area contributed by atoms with Crippen LogP contribution in [0.1, 0.15) is 60.7 Å². The number of rotatable bonds is 4. The van der Waals surface area contributed by atoms with Gasteiger partial charge in [-0.25, -0.2) is 18.6 Å². The van der Waals surface area contributed by atoms with Crippen LogP contribution in [-0.4, -0.2) is 17.6 Å². The normalized spacial score (nSPS) is 28.5. The topological polar surface area (TPSA) is 52.3 Å². The number of hydrogen-bond donors (Lipinski definition) is 0. The second-order valence-electron chi connectivity index (χ2n) is 5.21. The summed E-state index contributed by atoms with van der Waals surface area (Å²) in [4.78, 5) is 15.4. The highest BCUT2D eigenvalue weighted by Crippen LogP contribution is 2.57. The van der Waals surface area contributed by atoms with Crippen molar-refractivity contribution < 1.29 is 22.7 Å². The summed E-state index contributed by atoms with van der Waals surface area (Å²) in [5.74, 6) is 0.429. The van der Waals surface area contributed by atoms with Crippen molar-refractivity contribution in [2.45, 2.75) is 38.5 Å². The highest BCUT2D eigenvalue weighted by atomic mass is 19.3. The summed E-state index contributed by atoms with van der Waals surface area (Å²) in [5.41, 5.74) is -0.589. The van der Waals surface area contributed by atoms with Gasteiger partial charge in [-0.1, -0.05) is 0 Å². The molecule has 0 aliphatic heterocycles. The van der Waals surface area contributed by atoms with Crippen LogP contribution in [0.3, 0.4) is 0 Å². The van der Waals surface area contributed by atoms with Gasteiger partial charge in [-0.2, -0.15) is 0 Å². The number of carbonyl (C=O) groups excluding carboxylic acids is 1. The van der Waals surface area contributed by atoms with E-state index in [4.69, 9.17) is 9.15 Å². The smallest absolute Gasteiger partial charge is 0.376 e. The number of nitrogens with zero attached hydrogens (tertiary/aromatic N) is 1. The van der Waals surface area contributed by atoms with E-state index in [0.29, 0.717) is 11.8 Å². The number of alkyl halides is 2. The van der Waals surface area contributed by atoms with Crippen molar-refractivity contribution >= 4 is 5.97 Å². The zero-order valence-electron chi connectivity index (χ0n) is 10.6. The van der Waals surface area contributed by atoms with Gasteiger partial charge >= 0.3 is 5.97 Å². The standard InChI is InChI=1S/C13H15F2NO3/c1-2-18-13(17)10-9(11(14)15)16-12(19-10)8-4-6-3-7(6)5-8/h6-8,11H,2-5H2,1H3. The minimum atomic E-state index is -2.83. The minimum absolute atomic E-state index is 0.0735. The predicted octanol–water partition coefficient (Wildman–Crippen LogP) is 3.30. The maximum Gasteiger partial charge on any atom is 0.376 e. The molecular formula is C13H15F2NO3. The fourth-order valence-electron chi connectivity index (χ4n) is 2.93. The van der Waals surface area contributed by atoms with Crippen molar-refractivity contribution in [2.75, 3.05) is 6.61 Å². The van der Waals surface area contributed by atoms with Gasteiger partial charge in [0.2, 0.25) is 5.76 Å². The molecule has 3 rings (SSSR count). The first kappa shape index (κ1) is 12.6. The molecule has 2 unspecified atom stereocenters. The number of ether oxygens (including phenoxy) is 1. The summed E-state index contributed by atoms with van der Waals surface area (Å²) in [7, 11) is 0. The molecule has 2 aliphatic carbocycles. The Hall–Kier alpha value is -1.46. The molecule has 2 fully saturated rings. The van der Waals surface area contributed by atoms with Crippen LogP contribution in [0.2, 0.25) is 0 Å². The fourth-order valence-corrected chi connectivity index (χ4v) is 2.93. The zero-order chi connectivity index (χ0) is 13.6. The van der Waals surface area contributed by atoms with Crippen molar-refractivity contribution in [3.63, 3.8) is 0 Å². The van der Waals surface area contributed by atoms with Gasteiger partial charge in [0.15, 0.2) is 11.6 Å². The molecule has 2 aliphatic rings. The van der Waals surface area contributed by atoms with Gasteiger partial charge in [-0.05, 0) is 38.0 Å². The molecule has 2 atom stereocenters. The molecular weight excluding hydrogens is 256 g/mol. The molecule has 0 radical (unpaired) electrons. The Morgan fingerprint density at radius 2 is 2.11 bits per heavy atom. The molecule has 6 heteroatoms. The predicted molar refractivity (Wildman–Crippen MR) is 61.0 cm³/mol. The Bertz CT molecular complexity index is 490. The molecule has 19 heavy (non-hydrogen) atoms. The monoisotopic (exact) mass is 271 g/mol. The summed E-state index contributed by atoms with van der Waals surface area (Å²) < 4.78 is 35.8. The molecule has 0 aromatic carbocycles. The molecule has 0 bridgehead atoms. The maximum absolute atomic E-state index is 12.9. The van der Waals surface area contributed by atoms with Crippen LogP contribution in [0.4, 0.5) is 8.78 Å². The average molecular weight is 271 g/mol. The Morgan fingerprint density at radius 3 is 2.68 bits per heavy atom. The maximum atomic E-state index is 12.9. The summed E-state index contributed by atoms with van der Waals surface area (Å²) in [6.45, 7) is 1.73. The zero-order valence-corrected chi connectivity index (χ0v) is 10.6. The molecule has 104 valence electrons. The van der Waals surface area contributed by atoms with Gasteiger partial charge < -0.3 is 9.15 Å². The van der Waals surface area contributed by atoms with E-state index in [0.717, 1.165) is 12.8 Å². The lowest BCUT2D eigenvalue weighted by molar-refractivity contribution is 0.0473. The Morgan fingerprint density at radius 1 is 1.42 bits per heavy atom. The Labute approximate surface area is 109 Å². The van der Waals surface area contributed by atoms with Crippen LogP contribution in [0.5, 0.6) is 0 Å². The van der Waals surface area contributed by atoms with Crippen LogP contribution in [-0.2, 0) is 4.74 Å². The molecule has 0 saturated heterocycles. The van der Waals surface area contributed by atoms with Gasteiger partial charge in [0.1, 0.15) is 0 Å². The Balaban J connectivity index is 1.85. The second-order valence-corrected chi connectivity index (χ2v) is 5.21. The highest BCUT2D eigenvalue weighted by Gasteiger charge is 2.48. The van der Waals surface area contributed by atoms with E-state index in [-0.39, 0.29) is 18.4 Å². The van der Waals surface area contributed by atoms with E-state index in [1.807, 2.05) is 0 Å². The minimum Gasteiger partial charge on any atom is -0.460 e. The van der Waals surface area contributed by atoms with Crippen LogP contribution in [0.25, 0.3) is 0 Å². The lowest BCUT2D eigenvalue weighted by Crippen LogP contribution is -2.06. The first-order valence-corrected chi connectivity index (χ1v) is 6.56. The van der Waals surface area contributed by atoms with Gasteiger partial charge in [0.25, 0.3) is 6.43 Å². The van der Waals surface area contributed by atoms with E-state index < -0.39 is 23.8 Å². The van der Waals surface area contributed by atoms with Gasteiger partial charge in [-0.15, -0.1) is 0 Å². The van der Waals surface area contributed by atoms with Gasteiger partial charge in [-0.3, -0.25) is 0 Å². The van der Waals surface area contributed by atoms with E-state index in [1.54, 1.807) is 6.92 Å². The summed E-state index contributed by atoms with van der Waals surface area (Å²) in [6.07, 6.45) is 0.253.